The Hall–Kier alpha value is -3.05. The van der Waals surface area contributed by atoms with Crippen molar-refractivity contribution in [3.63, 3.8) is 0 Å². The molecule has 0 radical (unpaired) electrons. The summed E-state index contributed by atoms with van der Waals surface area (Å²) in [4.78, 5) is 39.9. The van der Waals surface area contributed by atoms with Crippen LogP contribution in [-0.4, -0.2) is 83.7 Å². The molecule has 0 amide bonds. The lowest BCUT2D eigenvalue weighted by atomic mass is 9.43. The first-order chi connectivity index (χ1) is 31.9. The Morgan fingerprint density at radius 2 is 1.69 bits per heavy atom. The molecule has 1 aromatic rings. The summed E-state index contributed by atoms with van der Waals surface area (Å²) in [5.41, 5.74) is 11.3. The van der Waals surface area contributed by atoms with Crippen molar-refractivity contribution in [2.75, 3.05) is 31.6 Å². The van der Waals surface area contributed by atoms with E-state index >= 15 is 0 Å². The fourth-order valence-electron chi connectivity index (χ4n) is 17.2. The summed E-state index contributed by atoms with van der Waals surface area (Å²) in [5, 5.41) is 33.6. The van der Waals surface area contributed by atoms with Crippen LogP contribution < -0.4 is 10.6 Å². The molecule has 8 aliphatic carbocycles. The van der Waals surface area contributed by atoms with E-state index < -0.39 is 17.7 Å². The Kier molecular flexibility index (Phi) is 13.8. The molecule has 0 saturated heterocycles. The van der Waals surface area contributed by atoms with Crippen molar-refractivity contribution in [3.05, 3.63) is 52.6 Å². The second-order valence-corrected chi connectivity index (χ2v) is 24.3. The number of carbonyl (C=O) groups excluding carboxylic acids is 2. The molecule has 0 bridgehead atoms. The highest BCUT2D eigenvalue weighted by molar-refractivity contribution is 5.93. The van der Waals surface area contributed by atoms with Gasteiger partial charge in [-0.15, -0.1) is 0 Å². The molecule has 6 saturated carbocycles. The summed E-state index contributed by atoms with van der Waals surface area (Å²) < 4.78 is 13.3. The lowest BCUT2D eigenvalue weighted by Crippen LogP contribution is -2.63. The van der Waals surface area contributed by atoms with Gasteiger partial charge in [-0.3, -0.25) is 14.4 Å². The maximum absolute atomic E-state index is 13.5. The molecule has 10 heteroatoms. The minimum absolute atomic E-state index is 0.00573. The van der Waals surface area contributed by atoms with Gasteiger partial charge in [0.25, 0.3) is 0 Å². The molecule has 0 aromatic heterocycles. The van der Waals surface area contributed by atoms with Gasteiger partial charge in [0.15, 0.2) is 5.78 Å². The van der Waals surface area contributed by atoms with Crippen LogP contribution in [-0.2, 0) is 23.9 Å². The lowest BCUT2D eigenvalue weighted by Gasteiger charge is -2.64. The predicted octanol–water partition coefficient (Wildman–Crippen LogP) is 9.94. The van der Waals surface area contributed by atoms with Gasteiger partial charge in [-0.2, -0.15) is 0 Å². The van der Waals surface area contributed by atoms with Crippen molar-refractivity contribution >= 4 is 23.4 Å². The molecule has 6 fully saturated rings. The number of ether oxygens (including phenoxy) is 2. The molecule has 1 aromatic carbocycles. The number of allylic oxidation sites excluding steroid dienone is 4. The average Bonchev–Trinajstić information content (AvgIpc) is 3.78. The van der Waals surface area contributed by atoms with Crippen molar-refractivity contribution in [1.29, 1.82) is 0 Å². The smallest absolute Gasteiger partial charge is 0.306 e. The first-order valence-corrected chi connectivity index (χ1v) is 26.8. The Balaban J connectivity index is 0.866. The summed E-state index contributed by atoms with van der Waals surface area (Å²) in [7, 11) is 2.15. The van der Waals surface area contributed by atoms with Crippen molar-refractivity contribution in [3.8, 4) is 0 Å². The number of anilines is 1. The third-order valence-corrected chi connectivity index (χ3v) is 21.2. The van der Waals surface area contributed by atoms with Crippen LogP contribution in [0, 0.1) is 63.6 Å². The first-order valence-electron chi connectivity index (χ1n) is 26.8. The maximum atomic E-state index is 13.5. The molecule has 5 N–H and O–H groups in total. The second kappa shape index (κ2) is 18.9. The van der Waals surface area contributed by atoms with Crippen LogP contribution in [0.3, 0.4) is 0 Å². The van der Waals surface area contributed by atoms with E-state index in [4.69, 9.17) is 15.2 Å². The number of nitrogens with zero attached hydrogens (tertiary/aromatic N) is 1. The van der Waals surface area contributed by atoms with E-state index in [9.17, 15) is 29.7 Å². The summed E-state index contributed by atoms with van der Waals surface area (Å²) in [6, 6.07) is 9.15. The number of likely N-dealkylation sites (N-methyl/N-ethyl adjacent to an activating group) is 1. The molecule has 8 aliphatic rings. The number of nitrogens with two attached hydrogens (primary N) is 1. The molecule has 16 atom stereocenters. The van der Waals surface area contributed by atoms with E-state index in [2.05, 4.69) is 70.8 Å². The number of hydrogen-bond donors (Lipinski definition) is 4. The number of hydrogen-bond acceptors (Lipinski definition) is 9. The molecule has 0 heterocycles. The van der Waals surface area contributed by atoms with Crippen LogP contribution in [0.4, 0.5) is 5.69 Å². The topological polar surface area (TPSA) is 160 Å². The summed E-state index contributed by atoms with van der Waals surface area (Å²) >= 11 is 0. The minimum atomic E-state index is -0.767. The van der Waals surface area contributed by atoms with Gasteiger partial charge in [-0.1, -0.05) is 45.4 Å². The number of carboxylic acid groups (broad SMARTS) is 1. The molecule has 10 nitrogen and oxygen atoms in total. The van der Waals surface area contributed by atoms with Crippen LogP contribution in [0.5, 0.6) is 0 Å². The van der Waals surface area contributed by atoms with Crippen molar-refractivity contribution in [1.82, 2.24) is 0 Å². The number of fused-ring (bicyclic) bond motifs is 9. The minimum Gasteiger partial charge on any atom is -0.481 e. The van der Waals surface area contributed by atoms with Gasteiger partial charge < -0.3 is 35.4 Å². The summed E-state index contributed by atoms with van der Waals surface area (Å²) in [5.74, 6) is 1.88. The lowest BCUT2D eigenvalue weighted by molar-refractivity contribution is -0.219. The molecule has 67 heavy (non-hydrogen) atoms. The SMILES string of the molecule is C[C@H](CCC(=O)O)[C@H]1CC[C@H]2[C@@H]3[C@H](OC(=O)CCCCN)C[C@@H]4C[C@@H](OCCN(C)c5ccc([C@H]6C[C@@]7(C)C(CC[C@]7(C)O)C7CCC8=CC(=O)CCC8=C76)cc5)CC[C@]4(C)[C@H]3C[C@H](O)[C@]12C. The van der Waals surface area contributed by atoms with Gasteiger partial charge in [-0.25, -0.2) is 0 Å². The van der Waals surface area contributed by atoms with E-state index in [1.54, 1.807) is 5.57 Å². The average molecular weight is 925 g/mol. The number of rotatable bonds is 15. The van der Waals surface area contributed by atoms with Gasteiger partial charge in [0.05, 0.1) is 24.4 Å². The molecular formula is C57H84N2O8. The maximum Gasteiger partial charge on any atom is 0.306 e. The fraction of sp³-hybridized carbons (Fsp3) is 0.772. The van der Waals surface area contributed by atoms with E-state index in [-0.39, 0.29) is 82.1 Å². The zero-order valence-electron chi connectivity index (χ0n) is 41.8. The standard InChI is InChI=1S/C57H84N2O8/c1-34(10-21-50(62)63)44-19-20-46-53-47(32-49(61)57(44,46)5)54(2)24-22-40(30-37(54)31-48(53)67-51(64)9-7-8-26-58)66-28-27-59(6)38-14-11-35(12-15-38)43-33-55(3)45(23-25-56(55,4)65)42-17-13-36-29-39(60)16-18-41(36)52(42)43/h11-12,14-15,29,34,37,40,42-49,53,61,65H,7-10,13,16-28,30-33,58H2,1-6H3,(H,62,63)/t34-,37+,40+,42?,43-,44-,45?,46+,47+,48-,49+,53+,54+,55+,56+,57-/m1/s1. The van der Waals surface area contributed by atoms with E-state index in [0.717, 1.165) is 102 Å². The zero-order chi connectivity index (χ0) is 47.6. The van der Waals surface area contributed by atoms with Crippen LogP contribution in [0.25, 0.3) is 0 Å². The molecular weight excluding hydrogens is 841 g/mol. The van der Waals surface area contributed by atoms with Gasteiger partial charge in [0, 0.05) is 55.8 Å². The third-order valence-electron chi connectivity index (χ3n) is 21.2. The number of esters is 1. The second-order valence-electron chi connectivity index (χ2n) is 24.3. The highest BCUT2D eigenvalue weighted by atomic mass is 16.5. The van der Waals surface area contributed by atoms with Gasteiger partial charge in [0.1, 0.15) is 6.10 Å². The predicted molar refractivity (Wildman–Crippen MR) is 261 cm³/mol. The number of aliphatic hydroxyl groups is 2. The van der Waals surface area contributed by atoms with E-state index in [1.165, 1.54) is 16.7 Å². The van der Waals surface area contributed by atoms with E-state index in [0.29, 0.717) is 56.6 Å². The fourth-order valence-corrected chi connectivity index (χ4v) is 17.2. The van der Waals surface area contributed by atoms with Gasteiger partial charge in [0.2, 0.25) is 0 Å². The number of carbonyl (C=O) groups is 3. The number of aliphatic hydroxyl groups excluding tert-OH is 1. The normalized spacial score (nSPS) is 41.5. The van der Waals surface area contributed by atoms with Crippen LogP contribution >= 0.6 is 0 Å². The Morgan fingerprint density at radius 3 is 2.43 bits per heavy atom. The summed E-state index contributed by atoms with van der Waals surface area (Å²) in [6.45, 7) is 13.3. The van der Waals surface area contributed by atoms with E-state index in [1.807, 2.05) is 6.08 Å². The Bertz CT molecular complexity index is 2080. The zero-order valence-corrected chi connectivity index (χ0v) is 41.8. The highest BCUT2D eigenvalue weighted by Crippen LogP contribution is 2.70. The molecule has 9 rings (SSSR count). The van der Waals surface area contributed by atoms with Crippen molar-refractivity contribution in [2.24, 2.45) is 69.3 Å². The van der Waals surface area contributed by atoms with Crippen LogP contribution in [0.2, 0.25) is 0 Å². The number of carboxylic acids is 1. The molecule has 0 spiro atoms. The van der Waals surface area contributed by atoms with Crippen LogP contribution in [0.1, 0.15) is 168 Å². The van der Waals surface area contributed by atoms with Gasteiger partial charge in [-0.05, 0) is 203 Å². The number of unbranched alkanes of at least 4 members (excludes halogenated alkanes) is 1. The number of ketones is 1. The monoisotopic (exact) mass is 925 g/mol. The number of aliphatic carboxylic acids is 1. The molecule has 2 unspecified atom stereocenters. The number of benzene rings is 1. The molecule has 0 aliphatic heterocycles. The highest BCUT2D eigenvalue weighted by Gasteiger charge is 2.67. The van der Waals surface area contributed by atoms with Crippen molar-refractivity contribution < 1.29 is 39.2 Å². The Morgan fingerprint density at radius 1 is 0.910 bits per heavy atom. The van der Waals surface area contributed by atoms with Crippen molar-refractivity contribution in [2.45, 2.75) is 186 Å². The Labute approximate surface area is 401 Å². The van der Waals surface area contributed by atoms with Gasteiger partial charge >= 0.3 is 11.9 Å². The summed E-state index contributed by atoms with van der Waals surface area (Å²) in [6.07, 6.45) is 16.8. The largest absolute Gasteiger partial charge is 0.481 e. The third kappa shape index (κ3) is 8.70. The first kappa shape index (κ1) is 49.0. The molecule has 370 valence electrons. The quantitative estimate of drug-likeness (QED) is 0.0985. The van der Waals surface area contributed by atoms with Crippen LogP contribution in [0.15, 0.2) is 47.1 Å².